The van der Waals surface area contributed by atoms with Gasteiger partial charge in [0.1, 0.15) is 31.6 Å². The zero-order chi connectivity index (χ0) is 19.8. The van der Waals surface area contributed by atoms with E-state index in [-0.39, 0.29) is 18.9 Å². The van der Waals surface area contributed by atoms with Gasteiger partial charge in [0, 0.05) is 12.1 Å². The molecule has 1 aromatic heterocycles. The number of hydrogen-bond acceptors (Lipinski definition) is 8. The van der Waals surface area contributed by atoms with Crippen molar-refractivity contribution in [2.75, 3.05) is 20.3 Å². The Morgan fingerprint density at radius 2 is 1.79 bits per heavy atom. The predicted octanol–water partition coefficient (Wildman–Crippen LogP) is 2.53. The Labute approximate surface area is 160 Å². The molecule has 0 aliphatic carbocycles. The molecule has 0 aliphatic heterocycles. The third-order valence-corrected chi connectivity index (χ3v) is 3.59. The van der Waals surface area contributed by atoms with Crippen molar-refractivity contribution in [1.82, 2.24) is 14.9 Å². The van der Waals surface area contributed by atoms with Gasteiger partial charge in [-0.1, -0.05) is 0 Å². The second-order valence-electron chi connectivity index (χ2n) is 5.44. The van der Waals surface area contributed by atoms with Crippen LogP contribution in [0.15, 0.2) is 60.2 Å². The molecule has 3 rings (SSSR count). The third kappa shape index (κ3) is 5.04. The minimum Gasteiger partial charge on any atom is -0.493 e. The Balaban J connectivity index is 1.53. The number of ether oxygens (including phenoxy) is 3. The van der Waals surface area contributed by atoms with E-state index in [2.05, 4.69) is 15.3 Å². The fourth-order valence-corrected chi connectivity index (χ4v) is 2.25. The maximum absolute atomic E-state index is 10.6. The summed E-state index contributed by atoms with van der Waals surface area (Å²) < 4.78 is 18.0. The van der Waals surface area contributed by atoms with Crippen LogP contribution >= 0.6 is 0 Å². The van der Waals surface area contributed by atoms with Crippen molar-refractivity contribution in [3.05, 3.63) is 70.8 Å². The summed E-state index contributed by atoms with van der Waals surface area (Å²) in [6, 6.07) is 11.3. The smallest absolute Gasteiger partial charge is 0.269 e. The Morgan fingerprint density at radius 1 is 1.07 bits per heavy atom. The van der Waals surface area contributed by atoms with Crippen molar-refractivity contribution in [1.29, 1.82) is 0 Å². The van der Waals surface area contributed by atoms with Crippen molar-refractivity contribution in [2.45, 2.75) is 0 Å². The van der Waals surface area contributed by atoms with E-state index in [9.17, 15) is 10.1 Å². The molecule has 0 saturated heterocycles. The Bertz CT molecular complexity index is 942. The number of nitro groups is 1. The lowest BCUT2D eigenvalue weighted by atomic mass is 10.2. The molecular formula is C18H17N5O5. The van der Waals surface area contributed by atoms with Crippen molar-refractivity contribution in [2.24, 2.45) is 5.10 Å². The van der Waals surface area contributed by atoms with Gasteiger partial charge in [-0.2, -0.15) is 5.10 Å². The van der Waals surface area contributed by atoms with Crippen LogP contribution in [0.5, 0.6) is 17.2 Å². The van der Waals surface area contributed by atoms with Crippen LogP contribution in [0.3, 0.4) is 0 Å². The van der Waals surface area contributed by atoms with Gasteiger partial charge < -0.3 is 14.2 Å². The molecule has 10 nitrogen and oxygen atoms in total. The molecule has 0 unspecified atom stereocenters. The second kappa shape index (κ2) is 9.12. The van der Waals surface area contributed by atoms with Gasteiger partial charge in [0.15, 0.2) is 11.5 Å². The van der Waals surface area contributed by atoms with Gasteiger partial charge in [-0.3, -0.25) is 10.1 Å². The summed E-state index contributed by atoms with van der Waals surface area (Å²) in [6.45, 7) is 0.555. The topological polar surface area (TPSA) is 114 Å². The van der Waals surface area contributed by atoms with Crippen LogP contribution in [0, 0.1) is 10.1 Å². The zero-order valence-electron chi connectivity index (χ0n) is 15.0. The number of non-ortho nitro benzene ring substituents is 1. The molecule has 0 radical (unpaired) electrons. The zero-order valence-corrected chi connectivity index (χ0v) is 15.0. The molecule has 0 atom stereocenters. The van der Waals surface area contributed by atoms with Crippen LogP contribution in [-0.4, -0.2) is 46.3 Å². The summed E-state index contributed by atoms with van der Waals surface area (Å²) in [5.74, 6) is 1.65. The fraction of sp³-hybridized carbons (Fsp3) is 0.167. The Hall–Kier alpha value is -3.95. The van der Waals surface area contributed by atoms with Gasteiger partial charge in [-0.05, 0) is 35.9 Å². The normalized spacial score (nSPS) is 10.8. The van der Waals surface area contributed by atoms with Crippen molar-refractivity contribution in [3.8, 4) is 17.2 Å². The number of hydrogen-bond donors (Lipinski definition) is 0. The SMILES string of the molecule is COc1cc(/C=N\n2cnnc2)ccc1OCCOc1ccc([N+](=O)[O-])cc1. The van der Waals surface area contributed by atoms with Gasteiger partial charge in [-0.25, -0.2) is 4.68 Å². The largest absolute Gasteiger partial charge is 0.493 e. The van der Waals surface area contributed by atoms with Gasteiger partial charge in [-0.15, -0.1) is 10.2 Å². The van der Waals surface area contributed by atoms with E-state index >= 15 is 0 Å². The molecule has 2 aromatic carbocycles. The Kier molecular flexibility index (Phi) is 6.13. The molecular weight excluding hydrogens is 366 g/mol. The minimum absolute atomic E-state index is 0.0151. The molecule has 144 valence electrons. The highest BCUT2D eigenvalue weighted by molar-refractivity contribution is 5.80. The van der Waals surface area contributed by atoms with Crippen molar-refractivity contribution < 1.29 is 19.1 Å². The van der Waals surface area contributed by atoms with E-state index in [0.29, 0.717) is 17.2 Å². The summed E-state index contributed by atoms with van der Waals surface area (Å²) in [5.41, 5.74) is 0.835. The van der Waals surface area contributed by atoms with Crippen LogP contribution in [-0.2, 0) is 0 Å². The molecule has 0 N–H and O–H groups in total. The van der Waals surface area contributed by atoms with E-state index in [0.717, 1.165) is 5.56 Å². The fourth-order valence-electron chi connectivity index (χ4n) is 2.25. The van der Waals surface area contributed by atoms with Gasteiger partial charge >= 0.3 is 0 Å². The van der Waals surface area contributed by atoms with Crippen LogP contribution in [0.25, 0.3) is 0 Å². The number of nitrogens with zero attached hydrogens (tertiary/aromatic N) is 5. The third-order valence-electron chi connectivity index (χ3n) is 3.59. The highest BCUT2D eigenvalue weighted by Crippen LogP contribution is 2.27. The quantitative estimate of drug-likeness (QED) is 0.241. The first-order chi connectivity index (χ1) is 13.7. The summed E-state index contributed by atoms with van der Waals surface area (Å²) in [7, 11) is 1.55. The average molecular weight is 383 g/mol. The molecule has 10 heteroatoms. The highest BCUT2D eigenvalue weighted by atomic mass is 16.6. The lowest BCUT2D eigenvalue weighted by molar-refractivity contribution is -0.384. The first-order valence-corrected chi connectivity index (χ1v) is 8.23. The molecule has 0 saturated carbocycles. The van der Waals surface area contributed by atoms with Crippen LogP contribution < -0.4 is 14.2 Å². The molecule has 0 bridgehead atoms. The van der Waals surface area contributed by atoms with Crippen LogP contribution in [0.1, 0.15) is 5.56 Å². The maximum atomic E-state index is 10.6. The monoisotopic (exact) mass is 383 g/mol. The number of methoxy groups -OCH3 is 1. The molecule has 0 spiro atoms. The molecule has 0 aliphatic rings. The van der Waals surface area contributed by atoms with Crippen LogP contribution in [0.4, 0.5) is 5.69 Å². The number of nitro benzene ring substituents is 1. The highest BCUT2D eigenvalue weighted by Gasteiger charge is 2.07. The number of rotatable bonds is 9. The lowest BCUT2D eigenvalue weighted by Gasteiger charge is -2.12. The molecule has 3 aromatic rings. The van der Waals surface area contributed by atoms with E-state index in [1.165, 1.54) is 29.5 Å². The summed E-state index contributed by atoms with van der Waals surface area (Å²) in [5, 5.41) is 22.1. The van der Waals surface area contributed by atoms with E-state index < -0.39 is 4.92 Å². The van der Waals surface area contributed by atoms with Crippen LogP contribution in [0.2, 0.25) is 0 Å². The van der Waals surface area contributed by atoms with Crippen molar-refractivity contribution >= 4 is 11.9 Å². The number of benzene rings is 2. The van der Waals surface area contributed by atoms with E-state index in [1.807, 2.05) is 6.07 Å². The second-order valence-corrected chi connectivity index (χ2v) is 5.44. The maximum Gasteiger partial charge on any atom is 0.269 e. The van der Waals surface area contributed by atoms with Crippen molar-refractivity contribution in [3.63, 3.8) is 0 Å². The first kappa shape index (κ1) is 18.8. The minimum atomic E-state index is -0.458. The molecule has 0 amide bonds. The van der Waals surface area contributed by atoms with E-state index in [4.69, 9.17) is 14.2 Å². The lowest BCUT2D eigenvalue weighted by Crippen LogP contribution is -2.09. The van der Waals surface area contributed by atoms with Gasteiger partial charge in [0.25, 0.3) is 5.69 Å². The van der Waals surface area contributed by atoms with Gasteiger partial charge in [0.2, 0.25) is 0 Å². The summed E-state index contributed by atoms with van der Waals surface area (Å²) in [4.78, 5) is 10.2. The standard InChI is InChI=1S/C18H17N5O5/c1-26-18-10-14(11-21-22-12-19-20-13-22)2-7-17(18)28-9-8-27-16-5-3-15(4-6-16)23(24)25/h2-7,10-13H,8-9H2,1H3/b21-11-. The average Bonchev–Trinajstić information content (AvgIpc) is 3.24. The molecule has 0 fully saturated rings. The van der Waals surface area contributed by atoms with E-state index in [1.54, 1.807) is 37.6 Å². The van der Waals surface area contributed by atoms with Gasteiger partial charge in [0.05, 0.1) is 18.2 Å². The molecule has 28 heavy (non-hydrogen) atoms. The summed E-state index contributed by atoms with van der Waals surface area (Å²) in [6.07, 6.45) is 4.61. The predicted molar refractivity (Wildman–Crippen MR) is 100 cm³/mol. The first-order valence-electron chi connectivity index (χ1n) is 8.23. The summed E-state index contributed by atoms with van der Waals surface area (Å²) >= 11 is 0. The number of aromatic nitrogens is 3. The molecule has 1 heterocycles. The Morgan fingerprint density at radius 3 is 2.46 bits per heavy atom.